The van der Waals surface area contributed by atoms with Gasteiger partial charge in [0.15, 0.2) is 5.96 Å². The molecule has 1 fully saturated rings. The molecule has 1 amide bonds. The van der Waals surface area contributed by atoms with Gasteiger partial charge >= 0.3 is 0 Å². The summed E-state index contributed by atoms with van der Waals surface area (Å²) in [5.74, 6) is 1.76. The van der Waals surface area contributed by atoms with Crippen LogP contribution >= 0.6 is 24.0 Å². The zero-order chi connectivity index (χ0) is 20.5. The maximum Gasteiger partial charge on any atom is 0.253 e. The van der Waals surface area contributed by atoms with Gasteiger partial charge in [-0.05, 0) is 37.0 Å². The van der Waals surface area contributed by atoms with Crippen molar-refractivity contribution in [1.82, 2.24) is 20.0 Å². The van der Waals surface area contributed by atoms with Crippen LogP contribution in [0.4, 0.5) is 0 Å². The Bertz CT molecular complexity index is 654. The molecule has 0 saturated carbocycles. The van der Waals surface area contributed by atoms with Crippen molar-refractivity contribution in [3.8, 4) is 0 Å². The first kappa shape index (κ1) is 25.7. The summed E-state index contributed by atoms with van der Waals surface area (Å²) in [6.07, 6.45) is 0.830. The number of nitrogens with one attached hydrogen (secondary N) is 1. The number of guanidine groups is 1. The van der Waals surface area contributed by atoms with E-state index >= 15 is 0 Å². The van der Waals surface area contributed by atoms with Gasteiger partial charge in [-0.3, -0.25) is 14.7 Å². The van der Waals surface area contributed by atoms with Gasteiger partial charge in [0.25, 0.3) is 5.91 Å². The van der Waals surface area contributed by atoms with Crippen molar-refractivity contribution >= 4 is 35.8 Å². The van der Waals surface area contributed by atoms with Gasteiger partial charge in [0, 0.05) is 65.5 Å². The monoisotopic (exact) mass is 515 g/mol. The minimum atomic E-state index is 0. The molecule has 0 atom stereocenters. The lowest BCUT2D eigenvalue weighted by Crippen LogP contribution is -2.53. The van der Waals surface area contributed by atoms with Crippen molar-refractivity contribution in [3.05, 3.63) is 35.4 Å². The van der Waals surface area contributed by atoms with E-state index in [2.05, 4.69) is 42.0 Å². The van der Waals surface area contributed by atoms with E-state index in [9.17, 15) is 4.79 Å². The highest BCUT2D eigenvalue weighted by atomic mass is 127. The topological polar surface area (TPSA) is 51.2 Å². The first-order valence-electron chi connectivity index (χ1n) is 10.5. The second-order valence-electron chi connectivity index (χ2n) is 8.07. The maximum atomic E-state index is 12.1. The third-order valence-corrected chi connectivity index (χ3v) is 4.87. The van der Waals surface area contributed by atoms with Crippen LogP contribution in [-0.4, -0.2) is 86.5 Å². The van der Waals surface area contributed by atoms with E-state index in [1.807, 2.05) is 18.2 Å². The van der Waals surface area contributed by atoms with E-state index in [1.54, 1.807) is 19.0 Å². The second-order valence-corrected chi connectivity index (χ2v) is 8.07. The van der Waals surface area contributed by atoms with Crippen LogP contribution in [0, 0.1) is 5.92 Å². The third-order valence-electron chi connectivity index (χ3n) is 4.87. The number of hydrogen-bond donors (Lipinski definition) is 1. The van der Waals surface area contributed by atoms with E-state index in [4.69, 9.17) is 4.99 Å². The van der Waals surface area contributed by atoms with Gasteiger partial charge < -0.3 is 15.1 Å². The number of nitrogens with zero attached hydrogens (tertiary/aromatic N) is 4. The van der Waals surface area contributed by atoms with Crippen molar-refractivity contribution in [2.24, 2.45) is 10.9 Å². The Hall–Kier alpha value is -1.35. The summed E-state index contributed by atoms with van der Waals surface area (Å²) in [4.78, 5) is 23.5. The van der Waals surface area contributed by atoms with Gasteiger partial charge in [0.1, 0.15) is 0 Å². The van der Waals surface area contributed by atoms with Crippen LogP contribution in [0.2, 0.25) is 0 Å². The Labute approximate surface area is 193 Å². The molecule has 0 radical (unpaired) electrons. The third kappa shape index (κ3) is 8.50. The molecule has 2 rings (SSSR count). The van der Waals surface area contributed by atoms with Gasteiger partial charge in [0.2, 0.25) is 0 Å². The number of rotatable bonds is 7. The summed E-state index contributed by atoms with van der Waals surface area (Å²) in [6, 6.07) is 7.87. The average molecular weight is 515 g/mol. The minimum Gasteiger partial charge on any atom is -0.357 e. The van der Waals surface area contributed by atoms with E-state index < -0.39 is 0 Å². The van der Waals surface area contributed by atoms with Gasteiger partial charge in [-0.1, -0.05) is 26.0 Å². The molecule has 0 bridgehead atoms. The lowest BCUT2D eigenvalue weighted by molar-refractivity contribution is 0.0827. The van der Waals surface area contributed by atoms with Gasteiger partial charge in [0.05, 0.1) is 0 Å². The number of piperazine rings is 1. The molecular weight excluding hydrogens is 477 g/mol. The number of benzene rings is 1. The Morgan fingerprint density at radius 1 is 1.21 bits per heavy atom. The molecule has 0 aromatic heterocycles. The van der Waals surface area contributed by atoms with Crippen molar-refractivity contribution < 1.29 is 4.79 Å². The Balaban J connectivity index is 0.00000420. The van der Waals surface area contributed by atoms with Crippen LogP contribution in [0.1, 0.15) is 36.7 Å². The van der Waals surface area contributed by atoms with Gasteiger partial charge in [-0.2, -0.15) is 0 Å². The fraction of sp³-hybridized carbons (Fsp3) is 0.636. The highest BCUT2D eigenvalue weighted by Crippen LogP contribution is 2.09. The number of hydrogen-bond acceptors (Lipinski definition) is 3. The average Bonchev–Trinajstić information content (AvgIpc) is 2.67. The zero-order valence-corrected chi connectivity index (χ0v) is 21.0. The zero-order valence-electron chi connectivity index (χ0n) is 18.6. The summed E-state index contributed by atoms with van der Waals surface area (Å²) < 4.78 is 0. The Morgan fingerprint density at radius 2 is 1.90 bits per heavy atom. The van der Waals surface area contributed by atoms with E-state index in [0.29, 0.717) is 12.5 Å². The predicted molar refractivity (Wildman–Crippen MR) is 132 cm³/mol. The maximum absolute atomic E-state index is 12.1. The van der Waals surface area contributed by atoms with Crippen molar-refractivity contribution in [2.45, 2.75) is 27.2 Å². The van der Waals surface area contributed by atoms with Crippen molar-refractivity contribution in [1.29, 1.82) is 0 Å². The molecule has 0 aliphatic carbocycles. The summed E-state index contributed by atoms with van der Waals surface area (Å²) in [5.41, 5.74) is 1.88. The van der Waals surface area contributed by atoms with Crippen LogP contribution in [0.15, 0.2) is 29.3 Å². The molecule has 0 unspecified atom stereocenters. The number of halogens is 1. The fourth-order valence-corrected chi connectivity index (χ4v) is 3.49. The molecule has 1 aromatic rings. The summed E-state index contributed by atoms with van der Waals surface area (Å²) in [7, 11) is 3.56. The molecule has 1 saturated heterocycles. The number of amides is 1. The van der Waals surface area contributed by atoms with Gasteiger partial charge in [-0.15, -0.1) is 24.0 Å². The van der Waals surface area contributed by atoms with Crippen LogP contribution < -0.4 is 5.32 Å². The minimum absolute atomic E-state index is 0. The fourth-order valence-electron chi connectivity index (χ4n) is 3.49. The highest BCUT2D eigenvalue weighted by Gasteiger charge is 2.19. The molecular formula is C22H38IN5O. The van der Waals surface area contributed by atoms with Crippen LogP contribution in [0.5, 0.6) is 0 Å². The second kappa shape index (κ2) is 13.1. The molecule has 1 aliphatic heterocycles. The van der Waals surface area contributed by atoms with E-state index in [-0.39, 0.29) is 29.9 Å². The molecule has 164 valence electrons. The van der Waals surface area contributed by atoms with E-state index in [1.165, 1.54) is 6.54 Å². The first-order valence-corrected chi connectivity index (χ1v) is 10.5. The SMILES string of the molecule is CCNC(=NCCc1cccc(C(=O)N(C)C)c1)N1CCN(CC(C)C)CC1.I. The standard InChI is InChI=1S/C22H37N5O.HI/c1-6-23-22(27-14-12-26(13-15-27)17-18(2)3)24-11-10-19-8-7-9-20(16-19)21(28)25(4)5;/h7-9,16,18H,6,10-15,17H2,1-5H3,(H,23,24);1H. The molecule has 1 N–H and O–H groups in total. The predicted octanol–water partition coefficient (Wildman–Crippen LogP) is 2.79. The van der Waals surface area contributed by atoms with Crippen molar-refractivity contribution in [3.63, 3.8) is 0 Å². The Morgan fingerprint density at radius 3 is 2.48 bits per heavy atom. The lowest BCUT2D eigenvalue weighted by atomic mass is 10.1. The molecule has 1 heterocycles. The lowest BCUT2D eigenvalue weighted by Gasteiger charge is -2.37. The molecule has 29 heavy (non-hydrogen) atoms. The highest BCUT2D eigenvalue weighted by molar-refractivity contribution is 14.0. The first-order chi connectivity index (χ1) is 13.4. The smallest absolute Gasteiger partial charge is 0.253 e. The molecule has 1 aliphatic rings. The van der Waals surface area contributed by atoms with Crippen LogP contribution in [-0.2, 0) is 6.42 Å². The van der Waals surface area contributed by atoms with Gasteiger partial charge in [-0.25, -0.2) is 0 Å². The molecule has 0 spiro atoms. The molecule has 1 aromatic carbocycles. The van der Waals surface area contributed by atoms with Crippen LogP contribution in [0.25, 0.3) is 0 Å². The van der Waals surface area contributed by atoms with Crippen molar-refractivity contribution in [2.75, 3.05) is 59.9 Å². The molecule has 6 nitrogen and oxygen atoms in total. The molecule has 7 heteroatoms. The number of carbonyl (C=O) groups excluding carboxylic acids is 1. The normalized spacial score (nSPS) is 15.2. The number of aliphatic imine (C=N–C) groups is 1. The Kier molecular flexibility index (Phi) is 11.6. The summed E-state index contributed by atoms with van der Waals surface area (Å²) in [5, 5.41) is 3.44. The largest absolute Gasteiger partial charge is 0.357 e. The number of carbonyl (C=O) groups is 1. The summed E-state index contributed by atoms with van der Waals surface area (Å²) in [6.45, 7) is 13.7. The van der Waals surface area contributed by atoms with Crippen LogP contribution in [0.3, 0.4) is 0 Å². The quantitative estimate of drug-likeness (QED) is 0.345. The van der Waals surface area contributed by atoms with E-state index in [0.717, 1.165) is 56.2 Å². The summed E-state index contributed by atoms with van der Waals surface area (Å²) >= 11 is 0.